The monoisotopic (exact) mass is 310 g/mol. The summed E-state index contributed by atoms with van der Waals surface area (Å²) in [6.45, 7) is 5.29. The lowest BCUT2D eigenvalue weighted by Gasteiger charge is -2.20. The first-order valence-corrected chi connectivity index (χ1v) is 6.69. The van der Waals surface area contributed by atoms with Gasteiger partial charge < -0.3 is 19.9 Å². The van der Waals surface area contributed by atoms with Crippen LogP contribution in [0.15, 0.2) is 18.2 Å². The molecule has 1 unspecified atom stereocenters. The number of nitrogens with two attached hydrogens (primary N) is 1. The Bertz CT molecular complexity index is 551. The highest BCUT2D eigenvalue weighted by molar-refractivity contribution is 5.86. The summed E-state index contributed by atoms with van der Waals surface area (Å²) in [6.07, 6.45) is -0.602. The summed E-state index contributed by atoms with van der Waals surface area (Å²) in [5.41, 5.74) is 6.06. The summed E-state index contributed by atoms with van der Waals surface area (Å²) in [6, 6.07) is 3.76. The first-order valence-electron chi connectivity index (χ1n) is 6.69. The molecule has 3 N–H and O–H groups in total. The van der Waals surface area contributed by atoms with Crippen molar-refractivity contribution < 1.29 is 23.8 Å². The average molecular weight is 310 g/mol. The molecule has 0 aliphatic heterocycles. The molecule has 0 radical (unpaired) electrons. The lowest BCUT2D eigenvalue weighted by molar-refractivity contribution is -0.142. The molecule has 22 heavy (non-hydrogen) atoms. The quantitative estimate of drug-likeness (QED) is 0.827. The van der Waals surface area contributed by atoms with Crippen molar-refractivity contribution in [2.75, 3.05) is 19.5 Å². The normalized spacial score (nSPS) is 12.3. The van der Waals surface area contributed by atoms with Gasteiger partial charge in [-0.3, -0.25) is 10.1 Å². The van der Waals surface area contributed by atoms with Gasteiger partial charge in [0, 0.05) is 11.3 Å². The largest absolute Gasteiger partial charge is 0.496 e. The van der Waals surface area contributed by atoms with Crippen molar-refractivity contribution in [3.8, 4) is 5.75 Å². The van der Waals surface area contributed by atoms with Gasteiger partial charge in [-0.25, -0.2) is 4.79 Å². The van der Waals surface area contributed by atoms with Crippen LogP contribution in [-0.4, -0.2) is 31.9 Å². The fourth-order valence-corrected chi connectivity index (χ4v) is 1.73. The summed E-state index contributed by atoms with van der Waals surface area (Å²) in [5.74, 6) is -0.180. The Hall–Kier alpha value is -2.28. The van der Waals surface area contributed by atoms with Gasteiger partial charge in [-0.2, -0.15) is 0 Å². The van der Waals surface area contributed by atoms with Gasteiger partial charge in [0.2, 0.25) is 0 Å². The molecule has 0 bridgehead atoms. The van der Waals surface area contributed by atoms with Crippen LogP contribution in [0.2, 0.25) is 0 Å². The van der Waals surface area contributed by atoms with Gasteiger partial charge >= 0.3 is 12.1 Å². The van der Waals surface area contributed by atoms with Crippen LogP contribution in [0.25, 0.3) is 0 Å². The number of methoxy groups -OCH3 is 2. The molecular formula is C15H22N2O5. The molecule has 1 atom stereocenters. The van der Waals surface area contributed by atoms with E-state index < -0.39 is 23.7 Å². The molecule has 0 aromatic heterocycles. The number of ether oxygens (including phenoxy) is 3. The van der Waals surface area contributed by atoms with E-state index in [1.807, 2.05) is 0 Å². The SMILES string of the molecule is COC(=O)C(N)c1cc(NC(=O)OC(C)(C)C)ccc1OC. The smallest absolute Gasteiger partial charge is 0.412 e. The maximum Gasteiger partial charge on any atom is 0.412 e. The van der Waals surface area contributed by atoms with E-state index in [-0.39, 0.29) is 0 Å². The van der Waals surface area contributed by atoms with Gasteiger partial charge in [-0.15, -0.1) is 0 Å². The van der Waals surface area contributed by atoms with E-state index in [9.17, 15) is 9.59 Å². The molecule has 1 rings (SSSR count). The standard InChI is InChI=1S/C15H22N2O5/c1-15(2,3)22-14(19)17-9-6-7-11(20-4)10(8-9)12(16)13(18)21-5/h6-8,12H,16H2,1-5H3,(H,17,19). The van der Waals surface area contributed by atoms with Crippen molar-refractivity contribution in [1.82, 2.24) is 0 Å². The van der Waals surface area contributed by atoms with E-state index in [2.05, 4.69) is 10.1 Å². The highest BCUT2D eigenvalue weighted by Gasteiger charge is 2.22. The summed E-state index contributed by atoms with van der Waals surface area (Å²) >= 11 is 0. The molecule has 1 aromatic rings. The number of amides is 1. The number of esters is 1. The molecule has 0 aliphatic carbocycles. The number of hydrogen-bond donors (Lipinski definition) is 2. The Labute approximate surface area is 129 Å². The minimum Gasteiger partial charge on any atom is -0.496 e. The van der Waals surface area contributed by atoms with Gasteiger partial charge in [0.05, 0.1) is 14.2 Å². The molecule has 1 aromatic carbocycles. The van der Waals surface area contributed by atoms with Crippen LogP contribution >= 0.6 is 0 Å². The van der Waals surface area contributed by atoms with Crippen LogP contribution in [0.1, 0.15) is 32.4 Å². The van der Waals surface area contributed by atoms with Crippen LogP contribution < -0.4 is 15.8 Å². The number of benzene rings is 1. The first-order chi connectivity index (χ1) is 10.2. The lowest BCUT2D eigenvalue weighted by atomic mass is 10.1. The highest BCUT2D eigenvalue weighted by Crippen LogP contribution is 2.28. The third-order valence-electron chi connectivity index (χ3n) is 2.67. The topological polar surface area (TPSA) is 99.9 Å². The summed E-state index contributed by atoms with van der Waals surface area (Å²) in [5, 5.41) is 2.58. The van der Waals surface area contributed by atoms with Crippen LogP contribution in [0.5, 0.6) is 5.75 Å². The van der Waals surface area contributed by atoms with Crippen molar-refractivity contribution >= 4 is 17.7 Å². The van der Waals surface area contributed by atoms with Crippen molar-refractivity contribution in [2.45, 2.75) is 32.4 Å². The van der Waals surface area contributed by atoms with Crippen molar-refractivity contribution in [3.05, 3.63) is 23.8 Å². The zero-order valence-corrected chi connectivity index (χ0v) is 13.4. The van der Waals surface area contributed by atoms with Crippen molar-refractivity contribution in [1.29, 1.82) is 0 Å². The Morgan fingerprint density at radius 1 is 1.23 bits per heavy atom. The lowest BCUT2D eigenvalue weighted by Crippen LogP contribution is -2.27. The predicted octanol–water partition coefficient (Wildman–Crippen LogP) is 2.21. The van der Waals surface area contributed by atoms with Gasteiger partial charge in [-0.05, 0) is 39.0 Å². The second-order valence-corrected chi connectivity index (χ2v) is 5.58. The molecule has 0 heterocycles. The minimum absolute atomic E-state index is 0.405. The molecule has 0 saturated heterocycles. The second kappa shape index (κ2) is 7.13. The molecule has 7 nitrogen and oxygen atoms in total. The molecule has 7 heteroatoms. The third kappa shape index (κ3) is 4.92. The molecule has 1 amide bonds. The Balaban J connectivity index is 3.00. The van der Waals surface area contributed by atoms with Crippen molar-refractivity contribution in [3.63, 3.8) is 0 Å². The zero-order valence-electron chi connectivity index (χ0n) is 13.4. The summed E-state index contributed by atoms with van der Waals surface area (Å²) in [7, 11) is 2.71. The van der Waals surface area contributed by atoms with Gasteiger partial charge in [0.15, 0.2) is 0 Å². The molecule has 0 fully saturated rings. The van der Waals surface area contributed by atoms with E-state index in [1.54, 1.807) is 39.0 Å². The molecule has 0 spiro atoms. The molecule has 122 valence electrons. The number of carbonyl (C=O) groups is 2. The number of rotatable bonds is 4. The predicted molar refractivity (Wildman–Crippen MR) is 81.8 cm³/mol. The van der Waals surface area contributed by atoms with E-state index in [1.165, 1.54) is 14.2 Å². The fraction of sp³-hybridized carbons (Fsp3) is 0.467. The van der Waals surface area contributed by atoms with E-state index in [4.69, 9.17) is 15.2 Å². The van der Waals surface area contributed by atoms with E-state index in [0.29, 0.717) is 17.0 Å². The van der Waals surface area contributed by atoms with E-state index >= 15 is 0 Å². The fourth-order valence-electron chi connectivity index (χ4n) is 1.73. The van der Waals surface area contributed by atoms with Gasteiger partial charge in [0.25, 0.3) is 0 Å². The summed E-state index contributed by atoms with van der Waals surface area (Å²) in [4.78, 5) is 23.4. The van der Waals surface area contributed by atoms with Crippen LogP contribution in [0.3, 0.4) is 0 Å². The third-order valence-corrected chi connectivity index (χ3v) is 2.67. The van der Waals surface area contributed by atoms with Gasteiger partial charge in [-0.1, -0.05) is 0 Å². The maximum atomic E-state index is 11.8. The number of nitrogens with one attached hydrogen (secondary N) is 1. The minimum atomic E-state index is -1.01. The molecular weight excluding hydrogens is 288 g/mol. The zero-order chi connectivity index (χ0) is 16.9. The Kier molecular flexibility index (Phi) is 5.76. The number of hydrogen-bond acceptors (Lipinski definition) is 6. The Morgan fingerprint density at radius 3 is 2.36 bits per heavy atom. The van der Waals surface area contributed by atoms with Crippen LogP contribution in [0.4, 0.5) is 10.5 Å². The number of carbonyl (C=O) groups excluding carboxylic acids is 2. The van der Waals surface area contributed by atoms with Crippen LogP contribution in [0, 0.1) is 0 Å². The Morgan fingerprint density at radius 2 is 1.86 bits per heavy atom. The van der Waals surface area contributed by atoms with Gasteiger partial charge in [0.1, 0.15) is 17.4 Å². The van der Waals surface area contributed by atoms with Crippen molar-refractivity contribution in [2.24, 2.45) is 5.73 Å². The van der Waals surface area contributed by atoms with Crippen LogP contribution in [-0.2, 0) is 14.3 Å². The maximum absolute atomic E-state index is 11.8. The first kappa shape index (κ1) is 17.8. The number of anilines is 1. The highest BCUT2D eigenvalue weighted by atomic mass is 16.6. The molecule has 0 saturated carbocycles. The van der Waals surface area contributed by atoms with E-state index in [0.717, 1.165) is 0 Å². The average Bonchev–Trinajstić information content (AvgIpc) is 2.43. The summed E-state index contributed by atoms with van der Waals surface area (Å²) < 4.78 is 15.0. The molecule has 0 aliphatic rings. The second-order valence-electron chi connectivity index (χ2n) is 5.58.